The van der Waals surface area contributed by atoms with E-state index in [1.807, 2.05) is 34.6 Å². The van der Waals surface area contributed by atoms with Crippen molar-refractivity contribution >= 4 is 8.58 Å². The van der Waals surface area contributed by atoms with Crippen LogP contribution in [0.2, 0.25) is 0 Å². The topological polar surface area (TPSA) is 0 Å². The predicted molar refractivity (Wildman–Crippen MR) is 99.2 cm³/mol. The highest BCUT2D eigenvalue weighted by atomic mass is 31.1. The molecule has 1 atom stereocenters. The average Bonchev–Trinajstić information content (AvgIpc) is 2.16. The van der Waals surface area contributed by atoms with Crippen LogP contribution in [-0.4, -0.2) is 22.7 Å². The highest BCUT2D eigenvalue weighted by Crippen LogP contribution is 2.69. The Morgan fingerprint density at radius 3 is 1.15 bits per heavy atom. The van der Waals surface area contributed by atoms with Gasteiger partial charge in [-0.1, -0.05) is 69.2 Å². The van der Waals surface area contributed by atoms with E-state index >= 15 is 0 Å². The third kappa shape index (κ3) is 5.29. The van der Waals surface area contributed by atoms with Crippen LogP contribution in [-0.2, 0) is 0 Å². The Labute approximate surface area is 156 Å². The molecule has 1 unspecified atom stereocenters. The monoisotopic (exact) mass is 408 g/mol. The summed E-state index contributed by atoms with van der Waals surface area (Å²) < 4.78 is 84.2. The number of alkyl halides is 6. The summed E-state index contributed by atoms with van der Waals surface area (Å²) in [7, 11) is 0.435. The van der Waals surface area contributed by atoms with Gasteiger partial charge in [0.25, 0.3) is 0 Å². The smallest absolute Gasteiger partial charge is 0.170 e. The first-order valence-corrected chi connectivity index (χ1v) is 9.84. The molecule has 0 aliphatic rings. The maximum atomic E-state index is 14.0. The van der Waals surface area contributed by atoms with Crippen molar-refractivity contribution in [3.8, 4) is 0 Å². The molecule has 0 saturated carbocycles. The van der Waals surface area contributed by atoms with E-state index in [2.05, 4.69) is 0 Å². The minimum Gasteiger partial charge on any atom is -0.170 e. The maximum Gasteiger partial charge on any atom is 0.404 e. The number of hydrogen-bond donors (Lipinski definition) is 0. The first-order valence-electron chi connectivity index (χ1n) is 8.84. The fourth-order valence-corrected chi connectivity index (χ4v) is 6.96. The van der Waals surface area contributed by atoms with E-state index in [9.17, 15) is 26.3 Å². The van der Waals surface area contributed by atoms with E-state index in [0.717, 1.165) is 34.6 Å². The van der Waals surface area contributed by atoms with Crippen molar-refractivity contribution in [1.29, 1.82) is 0 Å². The quantitative estimate of drug-likeness (QED) is 0.318. The lowest BCUT2D eigenvalue weighted by Crippen LogP contribution is -2.65. The van der Waals surface area contributed by atoms with Crippen molar-refractivity contribution < 1.29 is 26.3 Å². The van der Waals surface area contributed by atoms with Gasteiger partial charge in [0, 0.05) is 0 Å². The first kappa shape index (κ1) is 26.0. The molecule has 0 N–H and O–H groups in total. The second-order valence-electron chi connectivity index (χ2n) is 10.6. The van der Waals surface area contributed by atoms with Crippen LogP contribution in [0.15, 0.2) is 0 Å². The zero-order valence-electron chi connectivity index (χ0n) is 17.7. The minimum absolute atomic E-state index is 0.0250. The summed E-state index contributed by atoms with van der Waals surface area (Å²) in [5.41, 5.74) is -7.81. The van der Waals surface area contributed by atoms with Crippen molar-refractivity contribution in [2.75, 3.05) is 0 Å². The van der Waals surface area contributed by atoms with Crippen LogP contribution in [0.1, 0.15) is 82.1 Å². The highest BCUT2D eigenvalue weighted by Gasteiger charge is 2.80. The van der Waals surface area contributed by atoms with Crippen molar-refractivity contribution in [1.82, 2.24) is 0 Å². The van der Waals surface area contributed by atoms with Gasteiger partial charge in [0.1, 0.15) is 0 Å². The Kier molecular flexibility index (Phi) is 7.12. The van der Waals surface area contributed by atoms with Crippen molar-refractivity contribution in [3.63, 3.8) is 0 Å². The molecule has 0 saturated heterocycles. The van der Waals surface area contributed by atoms with Gasteiger partial charge in [-0.3, -0.25) is 0 Å². The Balaban J connectivity index is 6.13. The molecule has 0 aliphatic heterocycles. The third-order valence-electron chi connectivity index (χ3n) is 5.08. The molecule has 158 valence electrons. The summed E-state index contributed by atoms with van der Waals surface area (Å²) in [6.45, 7) is 15.3. The SMILES string of the molecule is CC(C)(C)PC(C)(C)CCC(C)(C)C(C(C)(C)C)(C(F)(F)F)C(F)(F)F. The van der Waals surface area contributed by atoms with Crippen LogP contribution >= 0.6 is 8.58 Å². The Morgan fingerprint density at radius 1 is 0.577 bits per heavy atom. The highest BCUT2D eigenvalue weighted by molar-refractivity contribution is 7.41. The van der Waals surface area contributed by atoms with E-state index in [0.29, 0.717) is 15.0 Å². The maximum absolute atomic E-state index is 14.0. The Bertz CT molecular complexity index is 436. The Hall–Kier alpha value is 0.01000. The lowest BCUT2D eigenvalue weighted by Gasteiger charge is -2.56. The van der Waals surface area contributed by atoms with Crippen LogP contribution in [0.4, 0.5) is 26.3 Å². The lowest BCUT2D eigenvalue weighted by molar-refractivity contribution is -0.406. The molecule has 0 spiro atoms. The molecule has 0 amide bonds. The first-order chi connectivity index (χ1) is 10.9. The van der Waals surface area contributed by atoms with Crippen LogP contribution in [0.5, 0.6) is 0 Å². The number of hydrogen-bond acceptors (Lipinski definition) is 0. The van der Waals surface area contributed by atoms with E-state index in [1.165, 1.54) is 0 Å². The zero-order valence-corrected chi connectivity index (χ0v) is 18.7. The van der Waals surface area contributed by atoms with Crippen LogP contribution < -0.4 is 0 Å². The van der Waals surface area contributed by atoms with Crippen molar-refractivity contribution in [2.45, 2.75) is 105 Å². The van der Waals surface area contributed by atoms with Gasteiger partial charge >= 0.3 is 12.4 Å². The second kappa shape index (κ2) is 7.12. The van der Waals surface area contributed by atoms with Gasteiger partial charge in [-0.15, -0.1) is 8.58 Å². The number of rotatable bonds is 5. The molecule has 7 heteroatoms. The normalized spacial score (nSPS) is 16.6. The molecule has 0 heterocycles. The summed E-state index contributed by atoms with van der Waals surface area (Å²) in [6.07, 6.45) is -10.6. The Morgan fingerprint density at radius 2 is 0.923 bits per heavy atom. The fourth-order valence-electron chi connectivity index (χ4n) is 4.68. The van der Waals surface area contributed by atoms with E-state index in [4.69, 9.17) is 0 Å². The lowest BCUT2D eigenvalue weighted by atomic mass is 9.51. The van der Waals surface area contributed by atoms with E-state index in [-0.39, 0.29) is 16.7 Å². The summed E-state index contributed by atoms with van der Waals surface area (Å²) in [5, 5.41) is -0.348. The molecule has 26 heavy (non-hydrogen) atoms. The molecule has 0 bridgehead atoms. The number of halogens is 6. The standard InChI is InChI=1S/C19H35F6P/c1-13(2,3)17(18(20,21)22,19(23,24)25)15(7,8)11-12-16(9,10)26-14(4,5)6/h26H,11-12H2,1-10H3. The zero-order chi connectivity index (χ0) is 21.6. The largest absolute Gasteiger partial charge is 0.404 e. The van der Waals surface area contributed by atoms with Crippen molar-refractivity contribution in [3.05, 3.63) is 0 Å². The summed E-state index contributed by atoms with van der Waals surface area (Å²) >= 11 is 0. The molecule has 0 nitrogen and oxygen atoms in total. The summed E-state index contributed by atoms with van der Waals surface area (Å²) in [6, 6.07) is 0. The molecule has 0 fully saturated rings. The minimum atomic E-state index is -5.40. The van der Waals surface area contributed by atoms with Gasteiger partial charge in [-0.25, -0.2) is 0 Å². The van der Waals surface area contributed by atoms with Gasteiger partial charge in [0.05, 0.1) is 0 Å². The molecule has 0 aliphatic carbocycles. The van der Waals surface area contributed by atoms with E-state index < -0.39 is 28.6 Å². The fraction of sp³-hybridized carbons (Fsp3) is 1.00. The third-order valence-corrected chi connectivity index (χ3v) is 6.76. The van der Waals surface area contributed by atoms with Crippen LogP contribution in [0.3, 0.4) is 0 Å². The van der Waals surface area contributed by atoms with Gasteiger partial charge in [0.15, 0.2) is 5.41 Å². The molecule has 0 aromatic rings. The van der Waals surface area contributed by atoms with E-state index in [1.54, 1.807) is 0 Å². The second-order valence-corrected chi connectivity index (χ2v) is 13.7. The van der Waals surface area contributed by atoms with Gasteiger partial charge in [-0.05, 0) is 34.0 Å². The summed E-state index contributed by atoms with van der Waals surface area (Å²) in [5.74, 6) is 0. The molecular formula is C19H35F6P. The van der Waals surface area contributed by atoms with Gasteiger partial charge in [0.2, 0.25) is 0 Å². The average molecular weight is 408 g/mol. The van der Waals surface area contributed by atoms with Gasteiger partial charge in [-0.2, -0.15) is 26.3 Å². The molecular weight excluding hydrogens is 373 g/mol. The van der Waals surface area contributed by atoms with Crippen molar-refractivity contribution in [2.24, 2.45) is 16.2 Å². The molecule has 0 aromatic carbocycles. The molecule has 0 radical (unpaired) electrons. The van der Waals surface area contributed by atoms with Crippen LogP contribution in [0, 0.1) is 16.2 Å². The molecule has 0 rings (SSSR count). The summed E-state index contributed by atoms with van der Waals surface area (Å²) in [4.78, 5) is 0. The molecule has 0 aromatic heterocycles. The predicted octanol–water partition coefficient (Wildman–Crippen LogP) is 8.21. The van der Waals surface area contributed by atoms with Crippen LogP contribution in [0.25, 0.3) is 0 Å². The van der Waals surface area contributed by atoms with Gasteiger partial charge < -0.3 is 0 Å².